The predicted molar refractivity (Wildman–Crippen MR) is 86.1 cm³/mol. The molecule has 0 saturated heterocycles. The predicted octanol–water partition coefficient (Wildman–Crippen LogP) is 3.94. The Hall–Kier alpha value is -0.290. The monoisotopic (exact) mass is 361 g/mol. The fraction of sp³-hybridized carbons (Fsp3) is 0.600. The van der Waals surface area contributed by atoms with Crippen molar-refractivity contribution in [1.29, 1.82) is 0 Å². The number of ether oxygens (including phenoxy) is 1. The van der Waals surface area contributed by atoms with Crippen LogP contribution in [0.2, 0.25) is 0 Å². The van der Waals surface area contributed by atoms with Gasteiger partial charge in [-0.1, -0.05) is 33.8 Å². The van der Waals surface area contributed by atoms with E-state index in [0.29, 0.717) is 5.92 Å². The molecule has 102 valence electrons. The van der Waals surface area contributed by atoms with Crippen molar-refractivity contribution in [3.05, 3.63) is 27.8 Å². The van der Waals surface area contributed by atoms with Gasteiger partial charge in [0, 0.05) is 15.5 Å². The lowest BCUT2D eigenvalue weighted by molar-refractivity contribution is 0.175. The summed E-state index contributed by atoms with van der Waals surface area (Å²) in [6.07, 6.45) is 0. The van der Waals surface area contributed by atoms with Gasteiger partial charge in [0.1, 0.15) is 5.75 Å². The van der Waals surface area contributed by atoms with E-state index in [1.54, 1.807) is 0 Å². The Bertz CT molecular complexity index is 363. The van der Waals surface area contributed by atoms with Crippen molar-refractivity contribution >= 4 is 22.6 Å². The largest absolute Gasteiger partial charge is 0.493 e. The molecule has 3 heteroatoms. The molecule has 18 heavy (non-hydrogen) atoms. The zero-order valence-electron chi connectivity index (χ0n) is 11.8. The number of hydrogen-bond acceptors (Lipinski definition) is 2. The number of halogens is 1. The van der Waals surface area contributed by atoms with E-state index in [-0.39, 0.29) is 5.41 Å². The molecular formula is C15H24INO. The molecular weight excluding hydrogens is 337 g/mol. The van der Waals surface area contributed by atoms with E-state index in [9.17, 15) is 0 Å². The number of rotatable bonds is 7. The second kappa shape index (κ2) is 7.34. The van der Waals surface area contributed by atoms with E-state index in [1.165, 1.54) is 3.57 Å². The third kappa shape index (κ3) is 6.59. The summed E-state index contributed by atoms with van der Waals surface area (Å²) >= 11 is 2.30. The maximum absolute atomic E-state index is 5.86. The normalized spacial score (nSPS) is 11.9. The van der Waals surface area contributed by atoms with Crippen LogP contribution in [0.5, 0.6) is 5.75 Å². The zero-order chi connectivity index (χ0) is 13.6. The van der Waals surface area contributed by atoms with Gasteiger partial charge in [-0.2, -0.15) is 0 Å². The summed E-state index contributed by atoms with van der Waals surface area (Å²) in [6, 6.07) is 8.18. The first-order valence-corrected chi connectivity index (χ1v) is 7.56. The van der Waals surface area contributed by atoms with Crippen molar-refractivity contribution in [2.24, 2.45) is 11.3 Å². The van der Waals surface area contributed by atoms with E-state index in [0.717, 1.165) is 25.4 Å². The summed E-state index contributed by atoms with van der Waals surface area (Å²) in [5.41, 5.74) is 0.149. The second-order valence-corrected chi connectivity index (χ2v) is 7.18. The van der Waals surface area contributed by atoms with Crippen molar-refractivity contribution in [3.8, 4) is 5.75 Å². The number of nitrogens with one attached hydrogen (secondary N) is 1. The van der Waals surface area contributed by atoms with Crippen LogP contribution in [0, 0.1) is 14.9 Å². The highest BCUT2D eigenvalue weighted by Gasteiger charge is 2.18. The van der Waals surface area contributed by atoms with Crippen LogP contribution in [0.3, 0.4) is 0 Å². The van der Waals surface area contributed by atoms with Gasteiger partial charge in [-0.3, -0.25) is 0 Å². The smallest absolute Gasteiger partial charge is 0.120 e. The van der Waals surface area contributed by atoms with Gasteiger partial charge in [-0.25, -0.2) is 0 Å². The third-order valence-corrected chi connectivity index (χ3v) is 3.25. The Kier molecular flexibility index (Phi) is 6.43. The molecule has 1 rings (SSSR count). The van der Waals surface area contributed by atoms with Gasteiger partial charge in [0.25, 0.3) is 0 Å². The fourth-order valence-corrected chi connectivity index (χ4v) is 2.10. The zero-order valence-corrected chi connectivity index (χ0v) is 14.0. The Balaban J connectivity index is 2.36. The van der Waals surface area contributed by atoms with Gasteiger partial charge in [-0.05, 0) is 53.3 Å². The van der Waals surface area contributed by atoms with Gasteiger partial charge in [0.15, 0.2) is 0 Å². The molecule has 0 aliphatic rings. The Labute approximate surface area is 125 Å². The Morgan fingerprint density at radius 1 is 1.33 bits per heavy atom. The molecule has 0 aliphatic carbocycles. The highest BCUT2D eigenvalue weighted by Crippen LogP contribution is 2.19. The van der Waals surface area contributed by atoms with Gasteiger partial charge >= 0.3 is 0 Å². The summed E-state index contributed by atoms with van der Waals surface area (Å²) in [4.78, 5) is 0. The molecule has 0 aliphatic heterocycles. The van der Waals surface area contributed by atoms with Crippen molar-refractivity contribution in [2.75, 3.05) is 19.7 Å². The maximum Gasteiger partial charge on any atom is 0.120 e. The minimum atomic E-state index is 0.149. The van der Waals surface area contributed by atoms with E-state index in [4.69, 9.17) is 4.74 Å². The molecule has 0 amide bonds. The van der Waals surface area contributed by atoms with Crippen molar-refractivity contribution < 1.29 is 4.74 Å². The van der Waals surface area contributed by atoms with E-state index in [1.807, 2.05) is 12.1 Å². The lowest BCUT2D eigenvalue weighted by Gasteiger charge is -2.25. The topological polar surface area (TPSA) is 21.3 Å². The summed E-state index contributed by atoms with van der Waals surface area (Å²) < 4.78 is 7.07. The molecule has 0 fully saturated rings. The van der Waals surface area contributed by atoms with Crippen LogP contribution in [-0.2, 0) is 0 Å². The van der Waals surface area contributed by atoms with Crippen molar-refractivity contribution in [3.63, 3.8) is 0 Å². The second-order valence-electron chi connectivity index (χ2n) is 5.94. The molecule has 1 aromatic rings. The lowest BCUT2D eigenvalue weighted by atomic mass is 9.94. The van der Waals surface area contributed by atoms with Crippen LogP contribution in [0.1, 0.15) is 27.7 Å². The molecule has 0 aromatic heterocycles. The number of benzene rings is 1. The average Bonchev–Trinajstić information content (AvgIpc) is 2.26. The Morgan fingerprint density at radius 2 is 2.06 bits per heavy atom. The lowest BCUT2D eigenvalue weighted by Crippen LogP contribution is -2.35. The molecule has 0 saturated carbocycles. The molecule has 2 nitrogen and oxygen atoms in total. The minimum absolute atomic E-state index is 0.149. The molecule has 0 atom stereocenters. The molecule has 0 unspecified atom stereocenters. The van der Waals surface area contributed by atoms with Crippen LogP contribution >= 0.6 is 22.6 Å². The van der Waals surface area contributed by atoms with E-state index < -0.39 is 0 Å². The van der Waals surface area contributed by atoms with E-state index in [2.05, 4.69) is 67.7 Å². The highest BCUT2D eigenvalue weighted by atomic mass is 127. The van der Waals surface area contributed by atoms with Crippen LogP contribution in [-0.4, -0.2) is 19.7 Å². The van der Waals surface area contributed by atoms with Crippen molar-refractivity contribution in [1.82, 2.24) is 5.32 Å². The first-order chi connectivity index (χ1) is 8.39. The quantitative estimate of drug-likeness (QED) is 0.743. The SMILES string of the molecule is CC(C)CNCC(C)(C)COc1cccc(I)c1. The summed E-state index contributed by atoms with van der Waals surface area (Å²) in [6.45, 7) is 11.7. The minimum Gasteiger partial charge on any atom is -0.493 e. The summed E-state index contributed by atoms with van der Waals surface area (Å²) in [7, 11) is 0. The first kappa shape index (κ1) is 15.8. The standard InChI is InChI=1S/C15H24INO/c1-12(2)9-17-10-15(3,4)11-18-14-7-5-6-13(16)8-14/h5-8,12,17H,9-11H2,1-4H3. The molecule has 1 N–H and O–H groups in total. The van der Waals surface area contributed by atoms with Crippen molar-refractivity contribution in [2.45, 2.75) is 27.7 Å². The van der Waals surface area contributed by atoms with Gasteiger partial charge in [0.2, 0.25) is 0 Å². The Morgan fingerprint density at radius 3 is 2.67 bits per heavy atom. The maximum atomic E-state index is 5.86. The van der Waals surface area contributed by atoms with Gasteiger partial charge < -0.3 is 10.1 Å². The van der Waals surface area contributed by atoms with Crippen LogP contribution in [0.4, 0.5) is 0 Å². The van der Waals surface area contributed by atoms with Gasteiger partial charge in [-0.15, -0.1) is 0 Å². The molecule has 0 radical (unpaired) electrons. The van der Waals surface area contributed by atoms with Crippen LogP contribution < -0.4 is 10.1 Å². The third-order valence-electron chi connectivity index (χ3n) is 2.58. The van der Waals surface area contributed by atoms with Crippen LogP contribution in [0.25, 0.3) is 0 Å². The molecule has 1 aromatic carbocycles. The fourth-order valence-electron chi connectivity index (χ4n) is 1.59. The first-order valence-electron chi connectivity index (χ1n) is 6.48. The highest BCUT2D eigenvalue weighted by molar-refractivity contribution is 14.1. The average molecular weight is 361 g/mol. The molecule has 0 spiro atoms. The molecule has 0 heterocycles. The molecule has 0 bridgehead atoms. The van der Waals surface area contributed by atoms with Crippen LogP contribution in [0.15, 0.2) is 24.3 Å². The van der Waals surface area contributed by atoms with E-state index >= 15 is 0 Å². The summed E-state index contributed by atoms with van der Waals surface area (Å²) in [5, 5.41) is 3.49. The summed E-state index contributed by atoms with van der Waals surface area (Å²) in [5.74, 6) is 1.65. The number of hydrogen-bond donors (Lipinski definition) is 1. The van der Waals surface area contributed by atoms with Gasteiger partial charge in [0.05, 0.1) is 6.61 Å².